The van der Waals surface area contributed by atoms with E-state index in [-0.39, 0.29) is 24.9 Å². The minimum Gasteiger partial charge on any atom is -0.394 e. The number of nitrogens with two attached hydrogens (primary N) is 1. The highest BCUT2D eigenvalue weighted by Gasteiger charge is 2.15. The summed E-state index contributed by atoms with van der Waals surface area (Å²) in [5.74, 6) is -0.0357. The average Bonchev–Trinajstić information content (AvgIpc) is 2.70. The maximum atomic E-state index is 11.8. The molecule has 0 saturated heterocycles. The number of amides is 1. The minimum atomic E-state index is -0.262. The molecule has 0 fully saturated rings. The van der Waals surface area contributed by atoms with Crippen molar-refractivity contribution in [1.82, 2.24) is 10.3 Å². The zero-order valence-corrected chi connectivity index (χ0v) is 11.0. The predicted octanol–water partition coefficient (Wildman–Crippen LogP) is -0.104. The van der Waals surface area contributed by atoms with E-state index in [4.69, 9.17) is 15.6 Å². The number of nitrogens with one attached hydrogen (secondary N) is 2. The third-order valence-electron chi connectivity index (χ3n) is 1.96. The van der Waals surface area contributed by atoms with Gasteiger partial charge in [-0.15, -0.1) is 0 Å². The second kappa shape index (κ2) is 7.85. The van der Waals surface area contributed by atoms with E-state index in [0.29, 0.717) is 23.2 Å². The van der Waals surface area contributed by atoms with E-state index in [2.05, 4.69) is 15.6 Å². The van der Waals surface area contributed by atoms with Crippen molar-refractivity contribution in [2.24, 2.45) is 0 Å². The maximum absolute atomic E-state index is 11.8. The lowest BCUT2D eigenvalue weighted by Gasteiger charge is -2.04. The number of thiazole rings is 1. The van der Waals surface area contributed by atoms with Gasteiger partial charge in [-0.05, 0) is 6.92 Å². The van der Waals surface area contributed by atoms with Gasteiger partial charge in [0, 0.05) is 13.1 Å². The summed E-state index contributed by atoms with van der Waals surface area (Å²) in [6.07, 6.45) is 0. The molecule has 8 heteroatoms. The highest BCUT2D eigenvalue weighted by Crippen LogP contribution is 2.24. The molecule has 7 nitrogen and oxygen atoms in total. The Morgan fingerprint density at radius 2 is 2.33 bits per heavy atom. The largest absolute Gasteiger partial charge is 0.394 e. The smallest absolute Gasteiger partial charge is 0.265 e. The van der Waals surface area contributed by atoms with Crippen molar-refractivity contribution in [3.8, 4) is 0 Å². The van der Waals surface area contributed by atoms with E-state index in [1.54, 1.807) is 0 Å². The number of nitrogen functional groups attached to an aromatic ring is 1. The van der Waals surface area contributed by atoms with Crippen molar-refractivity contribution in [3.63, 3.8) is 0 Å². The van der Waals surface area contributed by atoms with Crippen LogP contribution in [0.4, 0.5) is 10.9 Å². The van der Waals surface area contributed by atoms with Crippen molar-refractivity contribution >= 4 is 28.2 Å². The molecule has 0 radical (unpaired) electrons. The molecule has 0 atom stereocenters. The highest BCUT2D eigenvalue weighted by atomic mass is 32.1. The van der Waals surface area contributed by atoms with Crippen LogP contribution in [0.1, 0.15) is 16.6 Å². The summed E-state index contributed by atoms with van der Waals surface area (Å²) in [5, 5.41) is 14.8. The topological polar surface area (TPSA) is 110 Å². The summed E-state index contributed by atoms with van der Waals surface area (Å²) in [7, 11) is 0. The Bertz CT molecular complexity index is 383. The van der Waals surface area contributed by atoms with Gasteiger partial charge in [-0.2, -0.15) is 0 Å². The van der Waals surface area contributed by atoms with Gasteiger partial charge in [-0.1, -0.05) is 11.3 Å². The first-order valence-corrected chi connectivity index (χ1v) is 6.47. The van der Waals surface area contributed by atoms with Crippen molar-refractivity contribution in [2.75, 3.05) is 44.0 Å². The van der Waals surface area contributed by atoms with E-state index in [1.807, 2.05) is 6.92 Å². The molecule has 1 aromatic heterocycles. The number of rotatable bonds is 8. The summed E-state index contributed by atoms with van der Waals surface area (Å²) in [5.41, 5.74) is 5.66. The molecule has 0 saturated carbocycles. The number of carbonyl (C=O) groups is 1. The third kappa shape index (κ3) is 4.47. The van der Waals surface area contributed by atoms with Gasteiger partial charge < -0.3 is 26.2 Å². The molecule has 0 aliphatic rings. The SMILES string of the molecule is CCNc1nc(N)c(C(=O)NCCOCCO)s1. The molecule has 5 N–H and O–H groups in total. The van der Waals surface area contributed by atoms with Crippen LogP contribution in [-0.4, -0.2) is 48.9 Å². The molecule has 0 bridgehead atoms. The Kier molecular flexibility index (Phi) is 6.40. The number of anilines is 2. The number of aliphatic hydroxyl groups is 1. The molecule has 1 rings (SSSR count). The molecular formula is C10H18N4O3S. The number of aromatic nitrogens is 1. The lowest BCUT2D eigenvalue weighted by Crippen LogP contribution is -2.27. The van der Waals surface area contributed by atoms with Gasteiger partial charge in [-0.3, -0.25) is 4.79 Å². The summed E-state index contributed by atoms with van der Waals surface area (Å²) < 4.78 is 5.02. The molecule has 0 aromatic carbocycles. The van der Waals surface area contributed by atoms with Gasteiger partial charge in [0.1, 0.15) is 10.7 Å². The lowest BCUT2D eigenvalue weighted by atomic mass is 10.4. The Hall–Kier alpha value is -1.38. The summed E-state index contributed by atoms with van der Waals surface area (Å²) in [4.78, 5) is 16.2. The highest BCUT2D eigenvalue weighted by molar-refractivity contribution is 7.18. The van der Waals surface area contributed by atoms with Gasteiger partial charge in [0.2, 0.25) is 0 Å². The van der Waals surface area contributed by atoms with Gasteiger partial charge >= 0.3 is 0 Å². The minimum absolute atomic E-state index is 0.0260. The van der Waals surface area contributed by atoms with E-state index in [0.717, 1.165) is 6.54 Å². The summed E-state index contributed by atoms with van der Waals surface area (Å²) >= 11 is 1.22. The van der Waals surface area contributed by atoms with Crippen LogP contribution in [0.15, 0.2) is 0 Å². The first kappa shape index (κ1) is 14.7. The Balaban J connectivity index is 2.41. The fraction of sp³-hybridized carbons (Fsp3) is 0.600. The molecular weight excluding hydrogens is 256 g/mol. The van der Waals surface area contributed by atoms with E-state index in [1.165, 1.54) is 11.3 Å². The number of aliphatic hydroxyl groups excluding tert-OH is 1. The van der Waals surface area contributed by atoms with Crippen LogP contribution in [0.2, 0.25) is 0 Å². The molecule has 0 spiro atoms. The lowest BCUT2D eigenvalue weighted by molar-refractivity contribution is 0.0841. The van der Waals surface area contributed by atoms with E-state index < -0.39 is 0 Å². The standard InChI is InChI=1S/C10H18N4O3S/c1-2-12-10-14-8(11)7(18-10)9(16)13-3-5-17-6-4-15/h15H,2-6,11H2,1H3,(H,12,14)(H,13,16). The van der Waals surface area contributed by atoms with Crippen molar-refractivity contribution in [2.45, 2.75) is 6.92 Å². The molecule has 1 heterocycles. The molecule has 0 aliphatic carbocycles. The van der Waals surface area contributed by atoms with Gasteiger partial charge in [-0.25, -0.2) is 4.98 Å². The van der Waals surface area contributed by atoms with Gasteiger partial charge in [0.05, 0.1) is 19.8 Å². The van der Waals surface area contributed by atoms with Crippen LogP contribution < -0.4 is 16.4 Å². The van der Waals surface area contributed by atoms with Gasteiger partial charge in [0.15, 0.2) is 5.13 Å². The Labute approximate surface area is 109 Å². The second-order valence-corrected chi connectivity index (χ2v) is 4.35. The first-order chi connectivity index (χ1) is 8.69. The van der Waals surface area contributed by atoms with Crippen molar-refractivity contribution in [1.29, 1.82) is 0 Å². The number of carbonyl (C=O) groups excluding carboxylic acids is 1. The molecule has 0 aliphatic heterocycles. The van der Waals surface area contributed by atoms with Crippen LogP contribution in [0.3, 0.4) is 0 Å². The van der Waals surface area contributed by atoms with Gasteiger partial charge in [0.25, 0.3) is 5.91 Å². The third-order valence-corrected chi connectivity index (χ3v) is 2.98. The predicted molar refractivity (Wildman–Crippen MR) is 70.9 cm³/mol. The number of hydrogen-bond acceptors (Lipinski definition) is 7. The Morgan fingerprint density at radius 3 is 3.00 bits per heavy atom. The van der Waals surface area contributed by atoms with Crippen molar-refractivity contribution in [3.05, 3.63) is 4.88 Å². The molecule has 18 heavy (non-hydrogen) atoms. The Morgan fingerprint density at radius 1 is 1.56 bits per heavy atom. The molecule has 1 amide bonds. The fourth-order valence-electron chi connectivity index (χ4n) is 1.21. The maximum Gasteiger partial charge on any atom is 0.265 e. The zero-order chi connectivity index (χ0) is 13.4. The zero-order valence-electron chi connectivity index (χ0n) is 10.2. The summed E-state index contributed by atoms with van der Waals surface area (Å²) in [6.45, 7) is 3.63. The number of hydrogen-bond donors (Lipinski definition) is 4. The quantitative estimate of drug-likeness (QED) is 0.493. The second-order valence-electron chi connectivity index (χ2n) is 3.36. The average molecular weight is 274 g/mol. The molecule has 1 aromatic rings. The summed E-state index contributed by atoms with van der Waals surface area (Å²) in [6, 6.07) is 0. The van der Waals surface area contributed by atoms with Crippen LogP contribution in [0.5, 0.6) is 0 Å². The molecule has 0 unspecified atom stereocenters. The first-order valence-electron chi connectivity index (χ1n) is 5.66. The van der Waals surface area contributed by atoms with Crippen molar-refractivity contribution < 1.29 is 14.6 Å². The number of nitrogens with zero attached hydrogens (tertiary/aromatic N) is 1. The fourth-order valence-corrected chi connectivity index (χ4v) is 2.07. The monoisotopic (exact) mass is 274 g/mol. The van der Waals surface area contributed by atoms with E-state index >= 15 is 0 Å². The van der Waals surface area contributed by atoms with E-state index in [9.17, 15) is 4.79 Å². The normalized spacial score (nSPS) is 10.3. The van der Waals surface area contributed by atoms with Crippen LogP contribution in [-0.2, 0) is 4.74 Å². The van der Waals surface area contributed by atoms with Crippen LogP contribution in [0.25, 0.3) is 0 Å². The van der Waals surface area contributed by atoms with Crippen LogP contribution >= 0.6 is 11.3 Å². The molecule has 102 valence electrons. The number of ether oxygens (including phenoxy) is 1. The van der Waals surface area contributed by atoms with Crippen LogP contribution in [0, 0.1) is 0 Å².